The largest absolute Gasteiger partial charge is 0.347 e. The fourth-order valence-electron chi connectivity index (χ4n) is 6.20. The molecular formula is C25H33N5O. The first-order valence-corrected chi connectivity index (χ1v) is 11.5. The number of aromatic nitrogens is 4. The van der Waals surface area contributed by atoms with Crippen molar-refractivity contribution in [3.63, 3.8) is 0 Å². The summed E-state index contributed by atoms with van der Waals surface area (Å²) in [5.41, 5.74) is 6.99. The maximum Gasteiger partial charge on any atom is 0.243 e. The Labute approximate surface area is 184 Å². The van der Waals surface area contributed by atoms with Crippen molar-refractivity contribution in [2.24, 2.45) is 23.2 Å². The van der Waals surface area contributed by atoms with Crippen LogP contribution in [0.4, 0.5) is 0 Å². The predicted octanol–water partition coefficient (Wildman–Crippen LogP) is 4.54. The van der Waals surface area contributed by atoms with Crippen LogP contribution in [0.3, 0.4) is 0 Å². The molecule has 3 aromatic rings. The molecule has 1 N–H and O–H groups in total. The summed E-state index contributed by atoms with van der Waals surface area (Å²) in [6, 6.07) is 6.44. The molecule has 1 aromatic carbocycles. The van der Waals surface area contributed by atoms with E-state index in [2.05, 4.69) is 65.4 Å². The maximum atomic E-state index is 12.7. The number of carbonyl (C=O) groups is 1. The molecule has 31 heavy (non-hydrogen) atoms. The number of fused-ring (bicyclic) bond motifs is 3. The number of nitrogens with zero attached hydrogens (tertiary/aromatic N) is 4. The first-order valence-electron chi connectivity index (χ1n) is 11.5. The Bertz CT molecular complexity index is 1130. The monoisotopic (exact) mass is 419 g/mol. The molecule has 3 aliphatic rings. The van der Waals surface area contributed by atoms with E-state index in [0.29, 0.717) is 23.5 Å². The van der Waals surface area contributed by atoms with Crippen molar-refractivity contribution in [2.45, 2.75) is 66.8 Å². The van der Waals surface area contributed by atoms with Gasteiger partial charge in [0, 0.05) is 23.6 Å². The third-order valence-corrected chi connectivity index (χ3v) is 8.17. The normalized spacial score (nSPS) is 24.2. The number of carbonyl (C=O) groups excluding carboxylic acids is 1. The second-order valence-corrected chi connectivity index (χ2v) is 10.4. The molecule has 164 valence electrons. The Kier molecular flexibility index (Phi) is 4.72. The zero-order chi connectivity index (χ0) is 21.9. The topological polar surface area (TPSA) is 64.7 Å². The van der Waals surface area contributed by atoms with Crippen LogP contribution in [0.1, 0.15) is 55.9 Å². The molecule has 2 bridgehead atoms. The molecule has 3 aliphatic carbocycles. The second kappa shape index (κ2) is 7.21. The van der Waals surface area contributed by atoms with E-state index in [-0.39, 0.29) is 5.91 Å². The van der Waals surface area contributed by atoms with Gasteiger partial charge < -0.3 is 4.57 Å². The molecular weight excluding hydrogens is 386 g/mol. The zero-order valence-electron chi connectivity index (χ0n) is 19.3. The van der Waals surface area contributed by atoms with Crippen LogP contribution < -0.4 is 5.43 Å². The highest BCUT2D eigenvalue weighted by Gasteiger charge is 2.54. The standard InChI is InChI=1S/C25H33N5O/c1-15-13-29(14-19-7-8-20-12-22(19)25(20,4)5)23-10-18(6-9-21(15)23)11-24(31)28-30-16(2)26-27-17(30)3/h6,9-10,13,19-20,22H,7-8,11-12,14H2,1-5H3,(H,28,31). The van der Waals surface area contributed by atoms with E-state index < -0.39 is 0 Å². The van der Waals surface area contributed by atoms with Gasteiger partial charge in [-0.25, -0.2) is 4.68 Å². The molecule has 3 saturated carbocycles. The van der Waals surface area contributed by atoms with E-state index in [1.807, 2.05) is 13.8 Å². The van der Waals surface area contributed by atoms with Crippen LogP contribution in [-0.2, 0) is 17.8 Å². The van der Waals surface area contributed by atoms with Crippen LogP contribution in [0.5, 0.6) is 0 Å². The fraction of sp³-hybridized carbons (Fsp3) is 0.560. The van der Waals surface area contributed by atoms with Gasteiger partial charge in [-0.05, 0) is 80.4 Å². The quantitative estimate of drug-likeness (QED) is 0.660. The van der Waals surface area contributed by atoms with Gasteiger partial charge in [0.25, 0.3) is 0 Å². The highest BCUT2D eigenvalue weighted by atomic mass is 16.2. The lowest BCUT2D eigenvalue weighted by Crippen LogP contribution is -2.53. The van der Waals surface area contributed by atoms with Gasteiger partial charge in [-0.15, -0.1) is 10.2 Å². The smallest absolute Gasteiger partial charge is 0.243 e. The van der Waals surface area contributed by atoms with Gasteiger partial charge in [-0.1, -0.05) is 26.0 Å². The molecule has 3 fully saturated rings. The molecule has 1 amide bonds. The van der Waals surface area contributed by atoms with Gasteiger partial charge in [-0.2, -0.15) is 0 Å². The molecule has 3 atom stereocenters. The first kappa shape index (κ1) is 20.3. The van der Waals surface area contributed by atoms with Gasteiger partial charge in [0.2, 0.25) is 5.91 Å². The average Bonchev–Trinajstić information content (AvgIpc) is 3.21. The van der Waals surface area contributed by atoms with E-state index >= 15 is 0 Å². The highest BCUT2D eigenvalue weighted by Crippen LogP contribution is 2.61. The van der Waals surface area contributed by atoms with E-state index in [0.717, 1.165) is 29.9 Å². The molecule has 6 heteroatoms. The molecule has 0 aliphatic heterocycles. The number of aryl methyl sites for hydroxylation is 3. The Morgan fingerprint density at radius 2 is 1.90 bits per heavy atom. The van der Waals surface area contributed by atoms with Gasteiger partial charge in [0.15, 0.2) is 0 Å². The van der Waals surface area contributed by atoms with Crippen molar-refractivity contribution in [2.75, 3.05) is 5.43 Å². The predicted molar refractivity (Wildman–Crippen MR) is 122 cm³/mol. The lowest BCUT2D eigenvalue weighted by molar-refractivity contribution is -0.116. The maximum absolute atomic E-state index is 12.7. The molecule has 0 spiro atoms. The van der Waals surface area contributed by atoms with Gasteiger partial charge >= 0.3 is 0 Å². The van der Waals surface area contributed by atoms with E-state index in [1.54, 1.807) is 4.68 Å². The van der Waals surface area contributed by atoms with E-state index in [1.165, 1.54) is 35.7 Å². The Balaban J connectivity index is 1.36. The number of rotatable bonds is 5. The Morgan fingerprint density at radius 1 is 1.16 bits per heavy atom. The van der Waals surface area contributed by atoms with E-state index in [4.69, 9.17) is 0 Å². The minimum absolute atomic E-state index is 0.0604. The lowest BCUT2D eigenvalue weighted by Gasteiger charge is -2.60. The summed E-state index contributed by atoms with van der Waals surface area (Å²) in [7, 11) is 0. The Hall–Kier alpha value is -2.63. The highest BCUT2D eigenvalue weighted by molar-refractivity contribution is 5.89. The van der Waals surface area contributed by atoms with Crippen molar-refractivity contribution < 1.29 is 4.79 Å². The number of hydrogen-bond acceptors (Lipinski definition) is 3. The molecule has 0 saturated heterocycles. The minimum Gasteiger partial charge on any atom is -0.347 e. The van der Waals surface area contributed by atoms with Gasteiger partial charge in [0.05, 0.1) is 6.42 Å². The third-order valence-electron chi connectivity index (χ3n) is 8.17. The van der Waals surface area contributed by atoms with Crippen molar-refractivity contribution in [1.82, 2.24) is 19.4 Å². The lowest BCUT2D eigenvalue weighted by atomic mass is 9.45. The number of nitrogens with one attached hydrogen (secondary N) is 1. The van der Waals surface area contributed by atoms with Crippen molar-refractivity contribution >= 4 is 16.8 Å². The molecule has 2 heterocycles. The van der Waals surface area contributed by atoms with Crippen LogP contribution in [-0.4, -0.2) is 25.3 Å². The first-order chi connectivity index (χ1) is 14.7. The number of amides is 1. The Morgan fingerprint density at radius 3 is 2.58 bits per heavy atom. The van der Waals surface area contributed by atoms with Crippen LogP contribution in [0.15, 0.2) is 24.4 Å². The summed E-state index contributed by atoms with van der Waals surface area (Å²) >= 11 is 0. The average molecular weight is 420 g/mol. The number of hydrogen-bond donors (Lipinski definition) is 1. The summed E-state index contributed by atoms with van der Waals surface area (Å²) in [6.45, 7) is 11.9. The summed E-state index contributed by atoms with van der Waals surface area (Å²) in [5.74, 6) is 3.82. The van der Waals surface area contributed by atoms with Gasteiger partial charge in [-0.3, -0.25) is 10.2 Å². The molecule has 3 unspecified atom stereocenters. The van der Waals surface area contributed by atoms with Crippen molar-refractivity contribution in [3.05, 3.63) is 47.2 Å². The molecule has 6 nitrogen and oxygen atoms in total. The molecule has 2 aromatic heterocycles. The summed E-state index contributed by atoms with van der Waals surface area (Å²) in [4.78, 5) is 12.7. The number of benzene rings is 1. The van der Waals surface area contributed by atoms with Gasteiger partial charge in [0.1, 0.15) is 11.6 Å². The van der Waals surface area contributed by atoms with Crippen LogP contribution in [0.25, 0.3) is 10.9 Å². The molecule has 0 radical (unpaired) electrons. The van der Waals surface area contributed by atoms with Crippen LogP contribution in [0, 0.1) is 43.9 Å². The third kappa shape index (κ3) is 3.36. The summed E-state index contributed by atoms with van der Waals surface area (Å²) in [5, 5.41) is 9.29. The van der Waals surface area contributed by atoms with Crippen molar-refractivity contribution in [1.29, 1.82) is 0 Å². The fourth-order valence-corrected chi connectivity index (χ4v) is 6.20. The van der Waals surface area contributed by atoms with Crippen LogP contribution >= 0.6 is 0 Å². The summed E-state index contributed by atoms with van der Waals surface area (Å²) in [6.07, 6.45) is 6.76. The molecule has 6 rings (SSSR count). The second-order valence-electron chi connectivity index (χ2n) is 10.4. The zero-order valence-corrected chi connectivity index (χ0v) is 19.3. The summed E-state index contributed by atoms with van der Waals surface area (Å²) < 4.78 is 4.09. The van der Waals surface area contributed by atoms with E-state index in [9.17, 15) is 4.79 Å². The minimum atomic E-state index is -0.0604. The van der Waals surface area contributed by atoms with Crippen molar-refractivity contribution in [3.8, 4) is 0 Å². The SMILES string of the molecule is Cc1cn(CC2CCC3CC2C3(C)C)c2cc(CC(=O)Nn3c(C)nnc3C)ccc12. The van der Waals surface area contributed by atoms with Crippen LogP contribution in [0.2, 0.25) is 0 Å².